The lowest BCUT2D eigenvalue weighted by Gasteiger charge is -2.07. The number of rotatable bonds is 0. The summed E-state index contributed by atoms with van der Waals surface area (Å²) >= 11 is 1.74. The van der Waals surface area contributed by atoms with E-state index in [1.165, 1.54) is 4.91 Å². The van der Waals surface area contributed by atoms with Crippen molar-refractivity contribution in [1.82, 2.24) is 0 Å². The fourth-order valence-corrected chi connectivity index (χ4v) is 1.82. The zero-order valence-corrected chi connectivity index (χ0v) is 5.77. The van der Waals surface area contributed by atoms with Gasteiger partial charge < -0.3 is 0 Å². The van der Waals surface area contributed by atoms with Gasteiger partial charge in [-0.3, -0.25) is 4.99 Å². The van der Waals surface area contributed by atoms with Gasteiger partial charge in [0.05, 0.1) is 11.6 Å². The summed E-state index contributed by atoms with van der Waals surface area (Å²) in [5.74, 6) is 0. The molecule has 0 radical (unpaired) electrons. The van der Waals surface area contributed by atoms with Crippen LogP contribution in [0.25, 0.3) is 0 Å². The highest BCUT2D eigenvalue weighted by Crippen LogP contribution is 2.30. The van der Waals surface area contributed by atoms with Gasteiger partial charge in [0.2, 0.25) is 0 Å². The van der Waals surface area contributed by atoms with Crippen molar-refractivity contribution in [3.05, 3.63) is 23.1 Å². The maximum Gasteiger partial charge on any atom is 0.0851 e. The molecule has 0 aromatic carbocycles. The molecule has 0 fully saturated rings. The third-order valence-corrected chi connectivity index (χ3v) is 2.42. The Bertz CT molecular complexity index is 203. The third-order valence-electron chi connectivity index (χ3n) is 1.51. The zero-order chi connectivity index (χ0) is 6.10. The highest BCUT2D eigenvalue weighted by molar-refractivity contribution is 8.15. The Balaban J connectivity index is 2.29. The lowest BCUT2D eigenvalue weighted by Crippen LogP contribution is -2.01. The summed E-state index contributed by atoms with van der Waals surface area (Å²) in [6, 6.07) is 0.472. The van der Waals surface area contributed by atoms with Crippen LogP contribution in [-0.4, -0.2) is 11.6 Å². The summed E-state index contributed by atoms with van der Waals surface area (Å²) in [4.78, 5) is 5.68. The molecule has 1 aliphatic heterocycles. The molecule has 9 heavy (non-hydrogen) atoms. The second-order valence-electron chi connectivity index (χ2n) is 2.12. The number of fused-ring (bicyclic) bond motifs is 1. The average molecular weight is 137 g/mol. The van der Waals surface area contributed by atoms with Crippen LogP contribution in [-0.2, 0) is 0 Å². The van der Waals surface area contributed by atoms with Crippen molar-refractivity contribution in [1.29, 1.82) is 0 Å². The van der Waals surface area contributed by atoms with E-state index in [2.05, 4.69) is 23.2 Å². The molecule has 0 saturated carbocycles. The number of hydrogen-bond donors (Lipinski definition) is 0. The summed E-state index contributed by atoms with van der Waals surface area (Å²) in [6.07, 6.45) is 7.51. The summed E-state index contributed by atoms with van der Waals surface area (Å²) in [7, 11) is 0. The van der Waals surface area contributed by atoms with Crippen LogP contribution >= 0.6 is 11.8 Å². The molecule has 2 heteroatoms. The Hall–Kier alpha value is -0.500. The van der Waals surface area contributed by atoms with Gasteiger partial charge in [0, 0.05) is 4.91 Å². The zero-order valence-electron chi connectivity index (χ0n) is 4.95. The van der Waals surface area contributed by atoms with Crippen LogP contribution in [0.5, 0.6) is 0 Å². The van der Waals surface area contributed by atoms with Crippen LogP contribution in [0.15, 0.2) is 28.1 Å². The molecule has 0 aromatic heterocycles. The largest absolute Gasteiger partial charge is 0.277 e. The molecule has 2 rings (SSSR count). The van der Waals surface area contributed by atoms with Crippen molar-refractivity contribution in [3.63, 3.8) is 0 Å². The second kappa shape index (κ2) is 2.03. The minimum Gasteiger partial charge on any atom is -0.277 e. The van der Waals surface area contributed by atoms with Gasteiger partial charge in [-0.05, 0) is 6.42 Å². The monoisotopic (exact) mass is 137 g/mol. The Kier molecular flexibility index (Phi) is 1.19. The van der Waals surface area contributed by atoms with Crippen LogP contribution in [0, 0.1) is 0 Å². The van der Waals surface area contributed by atoms with Crippen molar-refractivity contribution in [2.75, 3.05) is 0 Å². The third kappa shape index (κ3) is 0.833. The molecule has 1 nitrogen and oxygen atoms in total. The maximum atomic E-state index is 4.28. The summed E-state index contributed by atoms with van der Waals surface area (Å²) in [6.45, 7) is 0. The molecule has 0 amide bonds. The minimum absolute atomic E-state index is 0.472. The highest BCUT2D eigenvalue weighted by atomic mass is 32.2. The van der Waals surface area contributed by atoms with Crippen molar-refractivity contribution in [2.24, 2.45) is 4.99 Å². The molecule has 0 spiro atoms. The van der Waals surface area contributed by atoms with Crippen molar-refractivity contribution < 1.29 is 0 Å². The van der Waals surface area contributed by atoms with E-state index in [1.807, 2.05) is 5.55 Å². The number of allylic oxidation sites excluding steroid dienone is 2. The smallest absolute Gasteiger partial charge is 0.0851 e. The molecule has 0 N–H and O–H groups in total. The van der Waals surface area contributed by atoms with E-state index < -0.39 is 0 Å². The predicted octanol–water partition coefficient (Wildman–Crippen LogP) is 1.97. The summed E-state index contributed by atoms with van der Waals surface area (Å²) in [5.41, 5.74) is 1.93. The first-order valence-electron chi connectivity index (χ1n) is 3.02. The van der Waals surface area contributed by atoms with E-state index in [4.69, 9.17) is 0 Å². The predicted molar refractivity (Wildman–Crippen MR) is 41.7 cm³/mol. The van der Waals surface area contributed by atoms with Crippen LogP contribution in [0.3, 0.4) is 0 Å². The molecule has 1 aliphatic carbocycles. The van der Waals surface area contributed by atoms with Gasteiger partial charge in [0.25, 0.3) is 0 Å². The molecule has 1 atom stereocenters. The van der Waals surface area contributed by atoms with E-state index >= 15 is 0 Å². The second-order valence-corrected chi connectivity index (χ2v) is 3.04. The molecule has 46 valence electrons. The van der Waals surface area contributed by atoms with Crippen LogP contribution in [0.1, 0.15) is 6.42 Å². The first kappa shape index (κ1) is 5.30. The Morgan fingerprint density at radius 1 is 1.67 bits per heavy atom. The fourth-order valence-electron chi connectivity index (χ4n) is 1.01. The molecular weight excluding hydrogens is 130 g/mol. The van der Waals surface area contributed by atoms with Crippen LogP contribution in [0.2, 0.25) is 0 Å². The molecule has 0 aromatic rings. The van der Waals surface area contributed by atoms with Gasteiger partial charge in [-0.1, -0.05) is 30.0 Å². The Morgan fingerprint density at radius 2 is 2.67 bits per heavy atom. The van der Waals surface area contributed by atoms with Crippen molar-refractivity contribution >= 4 is 17.3 Å². The number of thioether (sulfide) groups is 1. The summed E-state index contributed by atoms with van der Waals surface area (Å²) < 4.78 is 0. The molecule has 0 bridgehead atoms. The molecular formula is C7H7NS. The first-order chi connectivity index (χ1) is 4.47. The number of hydrogen-bond acceptors (Lipinski definition) is 2. The topological polar surface area (TPSA) is 12.4 Å². The SMILES string of the molecule is C1=CCC2N=CSC2=C1. The Morgan fingerprint density at radius 3 is 3.56 bits per heavy atom. The normalized spacial score (nSPS) is 30.2. The molecule has 1 heterocycles. The highest BCUT2D eigenvalue weighted by Gasteiger charge is 2.17. The van der Waals surface area contributed by atoms with Crippen LogP contribution in [0.4, 0.5) is 0 Å². The van der Waals surface area contributed by atoms with E-state index in [-0.39, 0.29) is 0 Å². The van der Waals surface area contributed by atoms with E-state index in [0.717, 1.165) is 6.42 Å². The van der Waals surface area contributed by atoms with E-state index in [1.54, 1.807) is 11.8 Å². The number of aliphatic imine (C=N–C) groups is 1. The fraction of sp³-hybridized carbons (Fsp3) is 0.286. The van der Waals surface area contributed by atoms with Crippen molar-refractivity contribution in [3.8, 4) is 0 Å². The quantitative estimate of drug-likeness (QED) is 0.497. The van der Waals surface area contributed by atoms with Crippen molar-refractivity contribution in [2.45, 2.75) is 12.5 Å². The molecule has 2 aliphatic rings. The van der Waals surface area contributed by atoms with Gasteiger partial charge in [0.1, 0.15) is 0 Å². The Labute approximate surface area is 58.6 Å². The van der Waals surface area contributed by atoms with Gasteiger partial charge in [-0.2, -0.15) is 0 Å². The van der Waals surface area contributed by atoms with Gasteiger partial charge >= 0.3 is 0 Å². The standard InChI is InChI=1S/C7H7NS/c1-2-4-7-6(3-1)8-5-9-7/h1-2,4-6H,3H2. The molecule has 0 saturated heterocycles. The molecule has 1 unspecified atom stereocenters. The lowest BCUT2D eigenvalue weighted by molar-refractivity contribution is 0.828. The maximum absolute atomic E-state index is 4.28. The van der Waals surface area contributed by atoms with Gasteiger partial charge in [0.15, 0.2) is 0 Å². The van der Waals surface area contributed by atoms with Gasteiger partial charge in [-0.25, -0.2) is 0 Å². The lowest BCUT2D eigenvalue weighted by atomic mass is 10.1. The van der Waals surface area contributed by atoms with E-state index in [9.17, 15) is 0 Å². The number of nitrogens with zero attached hydrogens (tertiary/aromatic N) is 1. The first-order valence-corrected chi connectivity index (χ1v) is 3.90. The van der Waals surface area contributed by atoms with Gasteiger partial charge in [-0.15, -0.1) is 0 Å². The summed E-state index contributed by atoms with van der Waals surface area (Å²) in [5, 5.41) is 0. The van der Waals surface area contributed by atoms with E-state index in [0.29, 0.717) is 6.04 Å². The minimum atomic E-state index is 0.472. The average Bonchev–Trinajstić information content (AvgIpc) is 2.33. The van der Waals surface area contributed by atoms with Crippen LogP contribution < -0.4 is 0 Å².